The zero-order valence-corrected chi connectivity index (χ0v) is 8.08. The van der Waals surface area contributed by atoms with Crippen LogP contribution in [0, 0.1) is 0 Å². The molecule has 0 unspecified atom stereocenters. The lowest BCUT2D eigenvalue weighted by atomic mass is 9.95. The summed E-state index contributed by atoms with van der Waals surface area (Å²) in [7, 11) is 0. The minimum atomic E-state index is 0.0179. The monoisotopic (exact) mass is 177 g/mol. The molecule has 1 rings (SSSR count). The maximum absolute atomic E-state index is 11.4. The molecule has 0 bridgehead atoms. The van der Waals surface area contributed by atoms with Crippen molar-refractivity contribution in [1.82, 2.24) is 0 Å². The SMILES string of the molecule is CC(C)c1ccccc1C(=O)CN. The van der Waals surface area contributed by atoms with E-state index in [9.17, 15) is 4.79 Å². The number of hydrogen-bond acceptors (Lipinski definition) is 2. The largest absolute Gasteiger partial charge is 0.324 e. The Labute approximate surface area is 78.8 Å². The highest BCUT2D eigenvalue weighted by Crippen LogP contribution is 2.19. The molecule has 0 aliphatic carbocycles. The molecule has 0 aromatic heterocycles. The van der Waals surface area contributed by atoms with Crippen molar-refractivity contribution < 1.29 is 4.79 Å². The molecule has 0 fully saturated rings. The molecule has 2 N–H and O–H groups in total. The van der Waals surface area contributed by atoms with Crippen LogP contribution in [0.5, 0.6) is 0 Å². The number of carbonyl (C=O) groups is 1. The summed E-state index contributed by atoms with van der Waals surface area (Å²) in [5.41, 5.74) is 7.17. The van der Waals surface area contributed by atoms with Gasteiger partial charge in [0.15, 0.2) is 5.78 Å². The third-order valence-electron chi connectivity index (χ3n) is 2.07. The summed E-state index contributed by atoms with van der Waals surface area (Å²) in [5.74, 6) is 0.385. The number of ketones is 1. The highest BCUT2D eigenvalue weighted by Gasteiger charge is 2.10. The molecule has 2 nitrogen and oxygen atoms in total. The Morgan fingerprint density at radius 3 is 2.54 bits per heavy atom. The number of hydrogen-bond donors (Lipinski definition) is 1. The van der Waals surface area contributed by atoms with E-state index in [1.54, 1.807) is 0 Å². The van der Waals surface area contributed by atoms with E-state index in [-0.39, 0.29) is 12.3 Å². The summed E-state index contributed by atoms with van der Waals surface area (Å²) < 4.78 is 0. The van der Waals surface area contributed by atoms with Crippen LogP contribution in [0.1, 0.15) is 35.7 Å². The fourth-order valence-corrected chi connectivity index (χ4v) is 1.36. The fraction of sp³-hybridized carbons (Fsp3) is 0.364. The fourth-order valence-electron chi connectivity index (χ4n) is 1.36. The molecule has 70 valence electrons. The first-order valence-corrected chi connectivity index (χ1v) is 4.49. The van der Waals surface area contributed by atoms with Crippen molar-refractivity contribution in [3.8, 4) is 0 Å². The van der Waals surface area contributed by atoms with Crippen LogP contribution in [-0.4, -0.2) is 12.3 Å². The lowest BCUT2D eigenvalue weighted by Gasteiger charge is -2.10. The van der Waals surface area contributed by atoms with Gasteiger partial charge < -0.3 is 5.73 Å². The quantitative estimate of drug-likeness (QED) is 0.717. The van der Waals surface area contributed by atoms with E-state index in [0.717, 1.165) is 11.1 Å². The van der Waals surface area contributed by atoms with Crippen molar-refractivity contribution in [2.24, 2.45) is 5.73 Å². The molecule has 0 heterocycles. The minimum absolute atomic E-state index is 0.0179. The molecule has 1 aromatic rings. The van der Waals surface area contributed by atoms with E-state index in [2.05, 4.69) is 13.8 Å². The van der Waals surface area contributed by atoms with Gasteiger partial charge in [-0.25, -0.2) is 0 Å². The van der Waals surface area contributed by atoms with Gasteiger partial charge in [0, 0.05) is 5.56 Å². The van der Waals surface area contributed by atoms with E-state index in [1.165, 1.54) is 0 Å². The Balaban J connectivity index is 3.12. The predicted molar refractivity (Wildman–Crippen MR) is 53.9 cm³/mol. The van der Waals surface area contributed by atoms with Gasteiger partial charge in [0.25, 0.3) is 0 Å². The smallest absolute Gasteiger partial charge is 0.176 e. The van der Waals surface area contributed by atoms with Crippen molar-refractivity contribution >= 4 is 5.78 Å². The van der Waals surface area contributed by atoms with Crippen LogP contribution in [0.3, 0.4) is 0 Å². The van der Waals surface area contributed by atoms with Crippen molar-refractivity contribution in [3.05, 3.63) is 35.4 Å². The van der Waals surface area contributed by atoms with Gasteiger partial charge in [0.05, 0.1) is 6.54 Å². The maximum atomic E-state index is 11.4. The number of benzene rings is 1. The van der Waals surface area contributed by atoms with Gasteiger partial charge >= 0.3 is 0 Å². The van der Waals surface area contributed by atoms with Crippen molar-refractivity contribution in [2.45, 2.75) is 19.8 Å². The summed E-state index contributed by atoms with van der Waals surface area (Å²) in [5, 5.41) is 0. The molecule has 0 spiro atoms. The third-order valence-corrected chi connectivity index (χ3v) is 2.07. The Bertz CT molecular complexity index is 305. The summed E-state index contributed by atoms with van der Waals surface area (Å²) in [6.45, 7) is 4.23. The average molecular weight is 177 g/mol. The lowest BCUT2D eigenvalue weighted by Crippen LogP contribution is -2.15. The predicted octanol–water partition coefficient (Wildman–Crippen LogP) is 1.95. The molecule has 0 saturated carbocycles. The van der Waals surface area contributed by atoms with E-state index in [0.29, 0.717) is 5.92 Å². The number of nitrogens with two attached hydrogens (primary N) is 1. The lowest BCUT2D eigenvalue weighted by molar-refractivity contribution is 0.1000. The van der Waals surface area contributed by atoms with Gasteiger partial charge in [-0.3, -0.25) is 4.79 Å². The van der Waals surface area contributed by atoms with Crippen LogP contribution in [0.2, 0.25) is 0 Å². The first-order chi connectivity index (χ1) is 6.16. The van der Waals surface area contributed by atoms with Crippen molar-refractivity contribution in [3.63, 3.8) is 0 Å². The Morgan fingerprint density at radius 1 is 1.38 bits per heavy atom. The summed E-state index contributed by atoms with van der Waals surface area (Å²) >= 11 is 0. The standard InChI is InChI=1S/C11H15NO/c1-8(2)9-5-3-4-6-10(9)11(13)7-12/h3-6,8H,7,12H2,1-2H3. The highest BCUT2D eigenvalue weighted by atomic mass is 16.1. The van der Waals surface area contributed by atoms with E-state index >= 15 is 0 Å². The van der Waals surface area contributed by atoms with Gasteiger partial charge in [-0.2, -0.15) is 0 Å². The maximum Gasteiger partial charge on any atom is 0.176 e. The topological polar surface area (TPSA) is 43.1 Å². The molecule has 1 aromatic carbocycles. The summed E-state index contributed by atoms with van der Waals surface area (Å²) in [4.78, 5) is 11.4. The molecule has 0 amide bonds. The van der Waals surface area contributed by atoms with Gasteiger partial charge in [-0.1, -0.05) is 38.1 Å². The Morgan fingerprint density at radius 2 is 2.00 bits per heavy atom. The first-order valence-electron chi connectivity index (χ1n) is 4.49. The van der Waals surface area contributed by atoms with Crippen LogP contribution >= 0.6 is 0 Å². The van der Waals surface area contributed by atoms with Crippen LogP contribution in [0.25, 0.3) is 0 Å². The molecule has 0 atom stereocenters. The van der Waals surface area contributed by atoms with E-state index < -0.39 is 0 Å². The molecule has 0 aliphatic rings. The molecule has 0 saturated heterocycles. The van der Waals surface area contributed by atoms with Crippen LogP contribution in [0.4, 0.5) is 0 Å². The second kappa shape index (κ2) is 4.19. The van der Waals surface area contributed by atoms with Crippen molar-refractivity contribution in [1.29, 1.82) is 0 Å². The van der Waals surface area contributed by atoms with Crippen LogP contribution in [0.15, 0.2) is 24.3 Å². The zero-order chi connectivity index (χ0) is 9.84. The number of Topliss-reactive ketones (excluding diaryl/α,β-unsaturated/α-hetero) is 1. The number of carbonyl (C=O) groups excluding carboxylic acids is 1. The Hall–Kier alpha value is -1.15. The number of rotatable bonds is 3. The van der Waals surface area contributed by atoms with Crippen LogP contribution < -0.4 is 5.73 Å². The second-order valence-electron chi connectivity index (χ2n) is 3.37. The molecular weight excluding hydrogens is 162 g/mol. The van der Waals surface area contributed by atoms with E-state index in [4.69, 9.17) is 5.73 Å². The van der Waals surface area contributed by atoms with Crippen LogP contribution in [-0.2, 0) is 0 Å². The Kier molecular flexibility index (Phi) is 3.20. The highest BCUT2D eigenvalue weighted by molar-refractivity contribution is 5.98. The van der Waals surface area contributed by atoms with E-state index in [1.807, 2.05) is 24.3 Å². The summed E-state index contributed by atoms with van der Waals surface area (Å²) in [6.07, 6.45) is 0. The minimum Gasteiger partial charge on any atom is -0.324 e. The molecule has 2 heteroatoms. The van der Waals surface area contributed by atoms with Gasteiger partial charge in [0.2, 0.25) is 0 Å². The van der Waals surface area contributed by atoms with Crippen molar-refractivity contribution in [2.75, 3.05) is 6.54 Å². The second-order valence-corrected chi connectivity index (χ2v) is 3.37. The third kappa shape index (κ3) is 2.16. The molecular formula is C11H15NO. The summed E-state index contributed by atoms with van der Waals surface area (Å²) in [6, 6.07) is 7.63. The zero-order valence-electron chi connectivity index (χ0n) is 8.08. The normalized spacial score (nSPS) is 10.5. The van der Waals surface area contributed by atoms with Gasteiger partial charge in [-0.15, -0.1) is 0 Å². The molecule has 13 heavy (non-hydrogen) atoms. The average Bonchev–Trinajstić information content (AvgIpc) is 2.16. The molecule has 0 radical (unpaired) electrons. The van der Waals surface area contributed by atoms with Gasteiger partial charge in [0.1, 0.15) is 0 Å². The molecule has 0 aliphatic heterocycles. The first kappa shape index (κ1) is 9.93. The van der Waals surface area contributed by atoms with Gasteiger partial charge in [-0.05, 0) is 11.5 Å².